The molecule has 4 rings (SSSR count). The number of nitrogens with one attached hydrogen (secondary N) is 2. The summed E-state index contributed by atoms with van der Waals surface area (Å²) in [5, 5.41) is 7.17. The Morgan fingerprint density at radius 3 is 2.63 bits per heavy atom. The molecule has 1 atom stereocenters. The van der Waals surface area contributed by atoms with E-state index in [0.717, 1.165) is 43.9 Å². The molecule has 0 radical (unpaired) electrons. The van der Waals surface area contributed by atoms with E-state index in [1.54, 1.807) is 0 Å². The molecule has 1 saturated carbocycles. The molecule has 2 saturated heterocycles. The van der Waals surface area contributed by atoms with Crippen LogP contribution in [0.4, 0.5) is 5.82 Å². The third-order valence-corrected chi connectivity index (χ3v) is 7.03. The van der Waals surface area contributed by atoms with Gasteiger partial charge in [0.15, 0.2) is 5.96 Å². The topological polar surface area (TPSA) is 55.8 Å². The number of aliphatic imine (C=N–C) groups is 1. The molecule has 0 spiro atoms. The first-order valence-electron chi connectivity index (χ1n) is 12.2. The van der Waals surface area contributed by atoms with Crippen molar-refractivity contribution in [2.24, 2.45) is 10.9 Å². The van der Waals surface area contributed by atoms with Crippen LogP contribution in [0.1, 0.15) is 63.4 Å². The fraction of sp³-hybridized carbons (Fsp3) is 0.750. The second-order valence-electron chi connectivity index (χ2n) is 9.39. The van der Waals surface area contributed by atoms with Gasteiger partial charge in [-0.3, -0.25) is 4.99 Å². The van der Waals surface area contributed by atoms with Gasteiger partial charge in [-0.05, 0) is 55.7 Å². The van der Waals surface area contributed by atoms with Crippen LogP contribution in [0.5, 0.6) is 0 Å². The van der Waals surface area contributed by atoms with Crippen LogP contribution in [-0.2, 0) is 6.54 Å². The molecule has 1 aliphatic carbocycles. The van der Waals surface area contributed by atoms with Crippen LogP contribution in [0.25, 0.3) is 0 Å². The summed E-state index contributed by atoms with van der Waals surface area (Å²) in [6.07, 6.45) is 14.1. The molecule has 0 aromatic carbocycles. The molecular weight excluding hydrogens is 372 g/mol. The average Bonchev–Trinajstić information content (AvgIpc) is 3.36. The van der Waals surface area contributed by atoms with E-state index in [1.807, 2.05) is 13.2 Å². The minimum Gasteiger partial charge on any atom is -0.357 e. The van der Waals surface area contributed by atoms with Crippen molar-refractivity contribution < 1.29 is 0 Å². The lowest BCUT2D eigenvalue weighted by Gasteiger charge is -2.22. The van der Waals surface area contributed by atoms with E-state index in [0.29, 0.717) is 6.04 Å². The summed E-state index contributed by atoms with van der Waals surface area (Å²) in [5.41, 5.74) is 1.27. The quantitative estimate of drug-likeness (QED) is 0.554. The molecule has 6 nitrogen and oxygen atoms in total. The number of nitrogens with zero attached hydrogens (tertiary/aromatic N) is 4. The Morgan fingerprint density at radius 1 is 1.07 bits per heavy atom. The largest absolute Gasteiger partial charge is 0.357 e. The predicted octanol–water partition coefficient (Wildman–Crippen LogP) is 3.39. The van der Waals surface area contributed by atoms with Crippen molar-refractivity contribution in [3.63, 3.8) is 0 Å². The molecule has 1 aromatic heterocycles. The molecular formula is C24H40N6. The molecule has 6 heteroatoms. The van der Waals surface area contributed by atoms with Crippen molar-refractivity contribution in [2.45, 2.75) is 70.4 Å². The van der Waals surface area contributed by atoms with Crippen molar-refractivity contribution >= 4 is 11.8 Å². The van der Waals surface area contributed by atoms with Gasteiger partial charge in [0.1, 0.15) is 5.82 Å². The summed E-state index contributed by atoms with van der Waals surface area (Å²) in [6, 6.07) is 4.85. The van der Waals surface area contributed by atoms with Crippen molar-refractivity contribution in [2.75, 3.05) is 44.7 Å². The van der Waals surface area contributed by atoms with Crippen LogP contribution in [0, 0.1) is 5.92 Å². The Labute approximate surface area is 182 Å². The van der Waals surface area contributed by atoms with Gasteiger partial charge in [-0.15, -0.1) is 0 Å². The summed E-state index contributed by atoms with van der Waals surface area (Å²) >= 11 is 0. The highest BCUT2D eigenvalue weighted by atomic mass is 15.2. The normalized spacial score (nSPS) is 24.2. The second kappa shape index (κ2) is 11.0. The number of rotatable bonds is 6. The fourth-order valence-corrected chi connectivity index (χ4v) is 5.29. The minimum atomic E-state index is 0.503. The Kier molecular flexibility index (Phi) is 7.84. The number of aromatic nitrogens is 1. The van der Waals surface area contributed by atoms with Crippen LogP contribution in [0.3, 0.4) is 0 Å². The highest BCUT2D eigenvalue weighted by Crippen LogP contribution is 2.26. The lowest BCUT2D eigenvalue weighted by molar-refractivity contribution is 0.275. The molecule has 1 aromatic rings. The second-order valence-corrected chi connectivity index (χ2v) is 9.39. The Hall–Kier alpha value is -1.82. The van der Waals surface area contributed by atoms with Gasteiger partial charge in [-0.2, -0.15) is 0 Å². The monoisotopic (exact) mass is 412 g/mol. The summed E-state index contributed by atoms with van der Waals surface area (Å²) < 4.78 is 0. The SMILES string of the molecule is CN=C(NCc1ccnc(N2CCCCCC2)c1)NC1CCN(CC2CCCC2)C1. The number of anilines is 1. The molecule has 3 aliphatic rings. The summed E-state index contributed by atoms with van der Waals surface area (Å²) in [7, 11) is 1.87. The van der Waals surface area contributed by atoms with Gasteiger partial charge in [-0.1, -0.05) is 25.7 Å². The summed E-state index contributed by atoms with van der Waals surface area (Å²) in [5.74, 6) is 2.97. The maximum atomic E-state index is 4.63. The smallest absolute Gasteiger partial charge is 0.191 e. The lowest BCUT2D eigenvalue weighted by atomic mass is 10.1. The molecule has 1 unspecified atom stereocenters. The first kappa shape index (κ1) is 21.4. The van der Waals surface area contributed by atoms with Crippen LogP contribution in [-0.4, -0.2) is 61.7 Å². The molecule has 3 heterocycles. The van der Waals surface area contributed by atoms with Crippen LogP contribution >= 0.6 is 0 Å². The highest BCUT2D eigenvalue weighted by molar-refractivity contribution is 5.80. The summed E-state index contributed by atoms with van der Waals surface area (Å²) in [4.78, 5) is 14.2. The van der Waals surface area contributed by atoms with Crippen molar-refractivity contribution in [1.82, 2.24) is 20.5 Å². The molecule has 0 amide bonds. The van der Waals surface area contributed by atoms with E-state index >= 15 is 0 Å². The number of guanidine groups is 1. The van der Waals surface area contributed by atoms with E-state index in [1.165, 1.54) is 76.4 Å². The number of likely N-dealkylation sites (tertiary alicyclic amines) is 1. The molecule has 3 fully saturated rings. The van der Waals surface area contributed by atoms with E-state index in [-0.39, 0.29) is 0 Å². The zero-order valence-electron chi connectivity index (χ0n) is 18.8. The van der Waals surface area contributed by atoms with Gasteiger partial charge in [-0.25, -0.2) is 4.98 Å². The Balaban J connectivity index is 1.24. The van der Waals surface area contributed by atoms with Gasteiger partial charge in [0.25, 0.3) is 0 Å². The highest BCUT2D eigenvalue weighted by Gasteiger charge is 2.26. The van der Waals surface area contributed by atoms with Crippen LogP contribution < -0.4 is 15.5 Å². The maximum absolute atomic E-state index is 4.63. The van der Waals surface area contributed by atoms with Crippen molar-refractivity contribution in [3.05, 3.63) is 23.9 Å². The van der Waals surface area contributed by atoms with Gasteiger partial charge in [0.05, 0.1) is 0 Å². The predicted molar refractivity (Wildman–Crippen MR) is 125 cm³/mol. The number of hydrogen-bond donors (Lipinski definition) is 2. The van der Waals surface area contributed by atoms with E-state index in [4.69, 9.17) is 0 Å². The average molecular weight is 413 g/mol. The maximum Gasteiger partial charge on any atom is 0.191 e. The van der Waals surface area contributed by atoms with E-state index in [9.17, 15) is 0 Å². The zero-order valence-corrected chi connectivity index (χ0v) is 18.8. The fourth-order valence-electron chi connectivity index (χ4n) is 5.29. The van der Waals surface area contributed by atoms with Gasteiger partial charge < -0.3 is 20.4 Å². The van der Waals surface area contributed by atoms with Crippen molar-refractivity contribution in [3.8, 4) is 0 Å². The Bertz CT molecular complexity index is 676. The third kappa shape index (κ3) is 6.10. The molecule has 0 bridgehead atoms. The zero-order chi connectivity index (χ0) is 20.6. The van der Waals surface area contributed by atoms with E-state index in [2.05, 4.69) is 42.5 Å². The standard InChI is InChI=1S/C24H40N6/c1-25-24(28-22-11-15-29(19-22)18-20-8-4-5-9-20)27-17-21-10-12-26-23(16-21)30-13-6-2-3-7-14-30/h10,12,16,20,22H,2-9,11,13-15,17-19H2,1H3,(H2,25,27,28). The first-order valence-corrected chi connectivity index (χ1v) is 12.2. The van der Waals surface area contributed by atoms with E-state index < -0.39 is 0 Å². The minimum absolute atomic E-state index is 0.503. The first-order chi connectivity index (χ1) is 14.8. The van der Waals surface area contributed by atoms with Crippen molar-refractivity contribution in [1.29, 1.82) is 0 Å². The van der Waals surface area contributed by atoms with Crippen LogP contribution in [0.2, 0.25) is 0 Å². The van der Waals surface area contributed by atoms with Gasteiger partial charge in [0.2, 0.25) is 0 Å². The van der Waals surface area contributed by atoms with Crippen LogP contribution in [0.15, 0.2) is 23.3 Å². The third-order valence-electron chi connectivity index (χ3n) is 7.03. The molecule has 166 valence electrons. The number of hydrogen-bond acceptors (Lipinski definition) is 4. The Morgan fingerprint density at radius 2 is 1.87 bits per heavy atom. The van der Waals surface area contributed by atoms with Gasteiger partial charge in [0, 0.05) is 58.6 Å². The number of pyridine rings is 1. The molecule has 30 heavy (non-hydrogen) atoms. The molecule has 2 aliphatic heterocycles. The van der Waals surface area contributed by atoms with Gasteiger partial charge >= 0.3 is 0 Å². The molecule has 2 N–H and O–H groups in total. The lowest BCUT2D eigenvalue weighted by Crippen LogP contribution is -2.44. The summed E-state index contributed by atoms with van der Waals surface area (Å²) in [6.45, 7) is 6.70.